The second-order valence-corrected chi connectivity index (χ2v) is 4.51. The van der Waals surface area contributed by atoms with E-state index in [0.717, 1.165) is 11.4 Å². The van der Waals surface area contributed by atoms with Crippen molar-refractivity contribution < 1.29 is 4.79 Å². The molecule has 1 heterocycles. The Labute approximate surface area is 86.4 Å². The molecule has 1 aliphatic rings. The van der Waals surface area contributed by atoms with E-state index in [2.05, 4.69) is 47.0 Å². The molecule has 1 aliphatic heterocycles. The van der Waals surface area contributed by atoms with Crippen LogP contribution in [0.15, 0.2) is 16.9 Å². The van der Waals surface area contributed by atoms with E-state index in [1.54, 1.807) is 6.20 Å². The van der Waals surface area contributed by atoms with Crippen LogP contribution in [0.3, 0.4) is 0 Å². The summed E-state index contributed by atoms with van der Waals surface area (Å²) in [6, 6.07) is 0. The van der Waals surface area contributed by atoms with Gasteiger partial charge < -0.3 is 5.32 Å². The minimum Gasteiger partial charge on any atom is -0.322 e. The number of hydrogen-bond donors (Lipinski definition) is 1. The third-order valence-corrected chi connectivity index (χ3v) is 2.19. The summed E-state index contributed by atoms with van der Waals surface area (Å²) in [5.74, 6) is -0.0390. The largest absolute Gasteiger partial charge is 0.322 e. The molecule has 1 N–H and O–H groups in total. The van der Waals surface area contributed by atoms with Crippen LogP contribution in [0.5, 0.6) is 0 Å². The first-order valence-electron chi connectivity index (χ1n) is 4.10. The molecule has 4 heteroatoms. The highest BCUT2D eigenvalue weighted by atomic mass is 79.9. The fraction of sp³-hybridized carbons (Fsp3) is 0.556. The first-order chi connectivity index (χ1) is 5.95. The fourth-order valence-electron chi connectivity index (χ4n) is 1.07. The minimum atomic E-state index is -0.0390. The lowest BCUT2D eigenvalue weighted by Crippen LogP contribution is -2.37. The molecular weight excluding hydrogens is 232 g/mol. The summed E-state index contributed by atoms with van der Waals surface area (Å²) in [4.78, 5) is 15.2. The van der Waals surface area contributed by atoms with E-state index in [1.165, 1.54) is 0 Å². The number of amides is 1. The smallest absolute Gasteiger partial charge is 0.235 e. The first-order valence-corrected chi connectivity index (χ1v) is 5.22. The third kappa shape index (κ3) is 2.40. The van der Waals surface area contributed by atoms with Gasteiger partial charge in [-0.3, -0.25) is 9.79 Å². The van der Waals surface area contributed by atoms with Crippen molar-refractivity contribution in [2.24, 2.45) is 10.4 Å². The van der Waals surface area contributed by atoms with Crippen molar-refractivity contribution in [1.82, 2.24) is 5.32 Å². The van der Waals surface area contributed by atoms with Gasteiger partial charge in [-0.1, -0.05) is 36.7 Å². The zero-order valence-electron chi connectivity index (χ0n) is 8.02. The predicted octanol–water partition coefficient (Wildman–Crippen LogP) is 1.84. The highest BCUT2D eigenvalue weighted by Gasteiger charge is 2.27. The van der Waals surface area contributed by atoms with Gasteiger partial charge in [-0.05, 0) is 0 Å². The summed E-state index contributed by atoms with van der Waals surface area (Å²) in [5, 5.41) is 3.09. The zero-order chi connectivity index (χ0) is 10.1. The molecule has 0 aliphatic carbocycles. The molecule has 1 amide bonds. The molecule has 3 nitrogen and oxygen atoms in total. The van der Waals surface area contributed by atoms with Crippen LogP contribution in [-0.4, -0.2) is 16.9 Å². The number of allylic oxidation sites excluding steroid dienone is 1. The Balaban J connectivity index is 2.54. The average Bonchev–Trinajstić information content (AvgIpc) is 1.94. The van der Waals surface area contributed by atoms with Gasteiger partial charge in [0, 0.05) is 5.41 Å². The van der Waals surface area contributed by atoms with Gasteiger partial charge in [-0.15, -0.1) is 0 Å². The third-order valence-electron chi connectivity index (χ3n) is 1.68. The van der Waals surface area contributed by atoms with Crippen molar-refractivity contribution in [2.45, 2.75) is 20.8 Å². The van der Waals surface area contributed by atoms with Gasteiger partial charge in [-0.25, -0.2) is 0 Å². The molecular formula is C9H13BrN2O. The molecule has 0 bridgehead atoms. The Hall–Kier alpha value is -0.640. The van der Waals surface area contributed by atoms with Crippen LogP contribution in [0.25, 0.3) is 0 Å². The monoisotopic (exact) mass is 244 g/mol. The van der Waals surface area contributed by atoms with Crippen molar-refractivity contribution in [3.05, 3.63) is 11.9 Å². The van der Waals surface area contributed by atoms with Crippen molar-refractivity contribution in [2.75, 3.05) is 5.33 Å². The maximum Gasteiger partial charge on any atom is 0.235 e. The molecule has 0 fully saturated rings. The number of alkyl halides is 1. The summed E-state index contributed by atoms with van der Waals surface area (Å²) < 4.78 is 0. The first kappa shape index (κ1) is 10.4. The molecule has 0 unspecified atom stereocenters. The van der Waals surface area contributed by atoms with Crippen LogP contribution in [-0.2, 0) is 4.79 Å². The van der Waals surface area contributed by atoms with Crippen LogP contribution >= 0.6 is 15.9 Å². The zero-order valence-corrected chi connectivity index (χ0v) is 9.60. The second kappa shape index (κ2) is 3.62. The fourth-order valence-corrected chi connectivity index (χ4v) is 1.21. The van der Waals surface area contributed by atoms with E-state index in [4.69, 9.17) is 0 Å². The molecule has 0 atom stereocenters. The molecule has 1 rings (SSSR count). The summed E-state index contributed by atoms with van der Waals surface area (Å²) >= 11 is 3.09. The Morgan fingerprint density at radius 2 is 2.23 bits per heavy atom. The maximum absolute atomic E-state index is 11.0. The highest BCUT2D eigenvalue weighted by Crippen LogP contribution is 2.25. The van der Waals surface area contributed by atoms with E-state index in [1.807, 2.05) is 0 Å². The predicted molar refractivity (Wildman–Crippen MR) is 56.9 cm³/mol. The summed E-state index contributed by atoms with van der Waals surface area (Å²) in [6.07, 6.45) is 1.68. The summed E-state index contributed by atoms with van der Waals surface area (Å²) in [7, 11) is 0. The number of hydrogen-bond acceptors (Lipinski definition) is 2. The lowest BCUT2D eigenvalue weighted by Gasteiger charge is -2.27. The number of halogens is 1. The van der Waals surface area contributed by atoms with Gasteiger partial charge in [0.25, 0.3) is 0 Å². The van der Waals surface area contributed by atoms with Gasteiger partial charge in [0.1, 0.15) is 0 Å². The number of aliphatic imine (C=N–C) groups is 1. The minimum absolute atomic E-state index is 0.00365. The van der Waals surface area contributed by atoms with Crippen LogP contribution in [0.1, 0.15) is 20.8 Å². The molecule has 0 aromatic heterocycles. The molecule has 0 spiro atoms. The van der Waals surface area contributed by atoms with E-state index >= 15 is 0 Å². The maximum atomic E-state index is 11.0. The Morgan fingerprint density at radius 3 is 2.54 bits per heavy atom. The lowest BCUT2D eigenvalue weighted by molar-refractivity contribution is -0.117. The van der Waals surface area contributed by atoms with Crippen LogP contribution in [0, 0.1) is 5.41 Å². The SMILES string of the molecule is CC(C)(C)C1=NC=C1NC(=O)CBr. The van der Waals surface area contributed by atoms with Gasteiger partial charge in [-0.2, -0.15) is 0 Å². The van der Waals surface area contributed by atoms with E-state index in [-0.39, 0.29) is 11.3 Å². The van der Waals surface area contributed by atoms with E-state index in [0.29, 0.717) is 5.33 Å². The quantitative estimate of drug-likeness (QED) is 0.741. The van der Waals surface area contributed by atoms with Crippen LogP contribution in [0.2, 0.25) is 0 Å². The normalized spacial score (nSPS) is 15.7. The van der Waals surface area contributed by atoms with Gasteiger partial charge in [0.05, 0.1) is 22.9 Å². The molecule has 0 saturated heterocycles. The topological polar surface area (TPSA) is 41.5 Å². The highest BCUT2D eigenvalue weighted by molar-refractivity contribution is 9.09. The van der Waals surface area contributed by atoms with E-state index in [9.17, 15) is 4.79 Å². The van der Waals surface area contributed by atoms with Gasteiger partial charge >= 0.3 is 0 Å². The van der Waals surface area contributed by atoms with E-state index < -0.39 is 0 Å². The van der Waals surface area contributed by atoms with Crippen LogP contribution in [0.4, 0.5) is 0 Å². The van der Waals surface area contributed by atoms with Crippen molar-refractivity contribution >= 4 is 27.5 Å². The Morgan fingerprint density at radius 1 is 1.62 bits per heavy atom. The summed E-state index contributed by atoms with van der Waals surface area (Å²) in [5.41, 5.74) is 1.81. The molecule has 13 heavy (non-hydrogen) atoms. The number of nitrogens with zero attached hydrogens (tertiary/aromatic N) is 1. The molecule has 0 aromatic carbocycles. The Kier molecular flexibility index (Phi) is 2.91. The van der Waals surface area contributed by atoms with Crippen molar-refractivity contribution in [1.29, 1.82) is 0 Å². The van der Waals surface area contributed by atoms with Crippen LogP contribution < -0.4 is 5.32 Å². The number of carbonyl (C=O) groups excluding carboxylic acids is 1. The molecule has 0 saturated carbocycles. The molecule has 0 aromatic rings. The van der Waals surface area contributed by atoms with Crippen molar-refractivity contribution in [3.63, 3.8) is 0 Å². The number of rotatable bonds is 2. The second-order valence-electron chi connectivity index (χ2n) is 3.95. The molecule has 72 valence electrons. The molecule has 0 radical (unpaired) electrons. The average molecular weight is 245 g/mol. The lowest BCUT2D eigenvalue weighted by atomic mass is 9.86. The standard InChI is InChI=1S/C9H13BrN2O/c1-9(2,3)8-6(5-11-8)12-7(13)4-10/h5H,4H2,1-3H3,(H,12,13). The van der Waals surface area contributed by atoms with Gasteiger partial charge in [0.15, 0.2) is 0 Å². The number of carbonyl (C=O) groups is 1. The van der Waals surface area contributed by atoms with Crippen molar-refractivity contribution in [3.8, 4) is 0 Å². The number of nitrogens with one attached hydrogen (secondary N) is 1. The van der Waals surface area contributed by atoms with Gasteiger partial charge in [0.2, 0.25) is 5.91 Å². The summed E-state index contributed by atoms with van der Waals surface area (Å²) in [6.45, 7) is 6.21. The Bertz CT molecular complexity index is 286.